The Labute approximate surface area is 125 Å². The fourth-order valence-corrected chi connectivity index (χ4v) is 3.75. The van der Waals surface area contributed by atoms with E-state index in [9.17, 15) is 13.2 Å². The number of carbonyl (C=O) groups is 1. The number of nitrogens with one attached hydrogen (secondary N) is 1. The predicted molar refractivity (Wildman–Crippen MR) is 81.1 cm³/mol. The van der Waals surface area contributed by atoms with E-state index in [0.29, 0.717) is 13.1 Å². The molecule has 1 aromatic heterocycles. The van der Waals surface area contributed by atoms with Crippen LogP contribution in [-0.2, 0) is 21.2 Å². The molecule has 1 aliphatic rings. The Balaban J connectivity index is 1.95. The number of nitrogens with zero attached hydrogens (tertiary/aromatic N) is 3. The number of hydrogen-bond acceptors (Lipinski definition) is 5. The molecule has 7 nitrogen and oxygen atoms in total. The smallest absolute Gasteiger partial charge is 0.238 e. The van der Waals surface area contributed by atoms with Gasteiger partial charge in [0.15, 0.2) is 9.84 Å². The van der Waals surface area contributed by atoms with Crippen molar-refractivity contribution < 1.29 is 13.2 Å². The SMILES string of the molecule is CCn1nc(C)c(NC(=O)CN2CCS(=O)(=O)CC2)c1C. The van der Waals surface area contributed by atoms with E-state index in [1.165, 1.54) is 0 Å². The van der Waals surface area contributed by atoms with E-state index < -0.39 is 9.84 Å². The molecular formula is C13H22N4O3S. The van der Waals surface area contributed by atoms with Crippen LogP contribution < -0.4 is 5.32 Å². The highest BCUT2D eigenvalue weighted by Crippen LogP contribution is 2.19. The average molecular weight is 314 g/mol. The van der Waals surface area contributed by atoms with Crippen LogP contribution in [0, 0.1) is 13.8 Å². The molecule has 0 aliphatic carbocycles. The number of rotatable bonds is 4. The summed E-state index contributed by atoms with van der Waals surface area (Å²) in [5, 5.41) is 7.24. The Morgan fingerprint density at radius 1 is 1.29 bits per heavy atom. The number of hydrogen-bond donors (Lipinski definition) is 1. The van der Waals surface area contributed by atoms with E-state index in [1.54, 1.807) is 0 Å². The first kappa shape index (κ1) is 16.0. The highest BCUT2D eigenvalue weighted by molar-refractivity contribution is 7.91. The van der Waals surface area contributed by atoms with Crippen LogP contribution >= 0.6 is 0 Å². The Morgan fingerprint density at radius 3 is 2.43 bits per heavy atom. The number of amides is 1. The van der Waals surface area contributed by atoms with Gasteiger partial charge in [-0.3, -0.25) is 14.4 Å². The average Bonchev–Trinajstić information content (AvgIpc) is 2.68. The third-order valence-corrected chi connectivity index (χ3v) is 5.36. The van der Waals surface area contributed by atoms with Crippen LogP contribution in [0.25, 0.3) is 0 Å². The van der Waals surface area contributed by atoms with Crippen LogP contribution in [0.4, 0.5) is 5.69 Å². The molecule has 1 fully saturated rings. The van der Waals surface area contributed by atoms with Crippen molar-refractivity contribution in [1.82, 2.24) is 14.7 Å². The molecule has 0 radical (unpaired) electrons. The lowest BCUT2D eigenvalue weighted by Crippen LogP contribution is -2.43. The largest absolute Gasteiger partial charge is 0.322 e. The minimum Gasteiger partial charge on any atom is -0.322 e. The van der Waals surface area contributed by atoms with Gasteiger partial charge in [-0.15, -0.1) is 0 Å². The molecule has 1 aromatic rings. The normalized spacial score (nSPS) is 18.6. The van der Waals surface area contributed by atoms with Gasteiger partial charge in [0, 0.05) is 19.6 Å². The molecule has 0 unspecified atom stereocenters. The zero-order chi connectivity index (χ0) is 15.6. The molecule has 1 N–H and O–H groups in total. The molecule has 0 bridgehead atoms. The van der Waals surface area contributed by atoms with E-state index in [4.69, 9.17) is 0 Å². The summed E-state index contributed by atoms with van der Waals surface area (Å²) < 4.78 is 24.6. The second-order valence-electron chi connectivity index (χ2n) is 5.34. The molecule has 0 spiro atoms. The summed E-state index contributed by atoms with van der Waals surface area (Å²) in [6.07, 6.45) is 0. The first-order valence-electron chi connectivity index (χ1n) is 7.09. The quantitative estimate of drug-likeness (QED) is 0.857. The van der Waals surface area contributed by atoms with Gasteiger partial charge in [0.1, 0.15) is 0 Å². The topological polar surface area (TPSA) is 84.3 Å². The molecule has 0 saturated carbocycles. The van der Waals surface area contributed by atoms with Crippen LogP contribution in [-0.4, -0.2) is 60.1 Å². The lowest BCUT2D eigenvalue weighted by atomic mass is 10.3. The van der Waals surface area contributed by atoms with Crippen molar-refractivity contribution in [1.29, 1.82) is 0 Å². The summed E-state index contributed by atoms with van der Waals surface area (Å²) in [6, 6.07) is 0. The molecular weight excluding hydrogens is 292 g/mol. The summed E-state index contributed by atoms with van der Waals surface area (Å²) in [5.41, 5.74) is 2.49. The third kappa shape index (κ3) is 3.82. The first-order chi connectivity index (χ1) is 9.82. The Hall–Kier alpha value is -1.41. The lowest BCUT2D eigenvalue weighted by molar-refractivity contribution is -0.117. The Morgan fingerprint density at radius 2 is 1.90 bits per heavy atom. The van der Waals surface area contributed by atoms with Crippen LogP contribution in [0.2, 0.25) is 0 Å². The van der Waals surface area contributed by atoms with Gasteiger partial charge < -0.3 is 5.32 Å². The zero-order valence-electron chi connectivity index (χ0n) is 12.7. The highest BCUT2D eigenvalue weighted by atomic mass is 32.2. The van der Waals surface area contributed by atoms with Crippen molar-refractivity contribution in [3.63, 3.8) is 0 Å². The number of aryl methyl sites for hydroxylation is 2. The van der Waals surface area contributed by atoms with Crippen molar-refractivity contribution in [3.05, 3.63) is 11.4 Å². The van der Waals surface area contributed by atoms with Gasteiger partial charge in [-0.05, 0) is 20.8 Å². The van der Waals surface area contributed by atoms with E-state index in [2.05, 4.69) is 10.4 Å². The monoisotopic (exact) mass is 314 g/mol. The predicted octanol–water partition coefficient (Wildman–Crippen LogP) is 0.189. The highest BCUT2D eigenvalue weighted by Gasteiger charge is 2.23. The number of anilines is 1. The van der Waals surface area contributed by atoms with E-state index in [0.717, 1.165) is 23.6 Å². The second kappa shape index (κ2) is 6.15. The van der Waals surface area contributed by atoms with Gasteiger partial charge in [0.05, 0.1) is 35.1 Å². The zero-order valence-corrected chi connectivity index (χ0v) is 13.5. The fraction of sp³-hybridized carbons (Fsp3) is 0.692. The molecule has 1 saturated heterocycles. The van der Waals surface area contributed by atoms with Crippen LogP contribution in [0.3, 0.4) is 0 Å². The van der Waals surface area contributed by atoms with Crippen LogP contribution in [0.1, 0.15) is 18.3 Å². The Bertz CT molecular complexity index is 622. The van der Waals surface area contributed by atoms with Gasteiger partial charge in [0.2, 0.25) is 5.91 Å². The van der Waals surface area contributed by atoms with Gasteiger partial charge in [0.25, 0.3) is 0 Å². The van der Waals surface area contributed by atoms with E-state index >= 15 is 0 Å². The summed E-state index contributed by atoms with van der Waals surface area (Å²) in [5.74, 6) is 0.134. The van der Waals surface area contributed by atoms with Crippen molar-refractivity contribution in [3.8, 4) is 0 Å². The molecule has 21 heavy (non-hydrogen) atoms. The van der Waals surface area contributed by atoms with Crippen molar-refractivity contribution in [2.75, 3.05) is 36.5 Å². The second-order valence-corrected chi connectivity index (χ2v) is 7.64. The minimum absolute atomic E-state index is 0.129. The molecule has 0 aromatic carbocycles. The maximum Gasteiger partial charge on any atom is 0.238 e. The number of carbonyl (C=O) groups excluding carboxylic acids is 1. The standard InChI is InChI=1S/C13H22N4O3S/c1-4-17-11(3)13(10(2)15-17)14-12(18)9-16-5-7-21(19,20)8-6-16/h4-9H2,1-3H3,(H,14,18). The van der Waals surface area contributed by atoms with Crippen LogP contribution in [0.5, 0.6) is 0 Å². The molecule has 118 valence electrons. The van der Waals surface area contributed by atoms with Crippen molar-refractivity contribution in [2.24, 2.45) is 0 Å². The molecule has 1 aliphatic heterocycles. The number of sulfone groups is 1. The Kier molecular flexibility index (Phi) is 4.67. The van der Waals surface area contributed by atoms with Gasteiger partial charge in [-0.25, -0.2) is 8.42 Å². The molecule has 8 heteroatoms. The maximum absolute atomic E-state index is 12.1. The van der Waals surface area contributed by atoms with Gasteiger partial charge in [-0.2, -0.15) is 5.10 Å². The first-order valence-corrected chi connectivity index (χ1v) is 8.91. The van der Waals surface area contributed by atoms with E-state index in [1.807, 2.05) is 30.4 Å². The summed E-state index contributed by atoms with van der Waals surface area (Å²) in [6.45, 7) is 7.59. The van der Waals surface area contributed by atoms with Crippen LogP contribution in [0.15, 0.2) is 0 Å². The number of aromatic nitrogens is 2. The minimum atomic E-state index is -2.91. The summed E-state index contributed by atoms with van der Waals surface area (Å²) in [7, 11) is -2.91. The molecule has 2 heterocycles. The molecule has 2 rings (SSSR count). The summed E-state index contributed by atoms with van der Waals surface area (Å²) in [4.78, 5) is 14.0. The fourth-order valence-electron chi connectivity index (χ4n) is 2.48. The lowest BCUT2D eigenvalue weighted by Gasteiger charge is -2.25. The van der Waals surface area contributed by atoms with E-state index in [-0.39, 0.29) is 24.0 Å². The maximum atomic E-state index is 12.1. The third-order valence-electron chi connectivity index (χ3n) is 3.75. The van der Waals surface area contributed by atoms with Crippen molar-refractivity contribution >= 4 is 21.4 Å². The van der Waals surface area contributed by atoms with Gasteiger partial charge in [-0.1, -0.05) is 0 Å². The van der Waals surface area contributed by atoms with Gasteiger partial charge >= 0.3 is 0 Å². The van der Waals surface area contributed by atoms with Crippen molar-refractivity contribution in [2.45, 2.75) is 27.3 Å². The molecule has 0 atom stereocenters. The summed E-state index contributed by atoms with van der Waals surface area (Å²) >= 11 is 0. The molecule has 1 amide bonds.